The van der Waals surface area contributed by atoms with Crippen LogP contribution >= 0.6 is 0 Å². The Hall–Kier alpha value is -1.18. The number of hydrogen-bond donors (Lipinski definition) is 0. The summed E-state index contributed by atoms with van der Waals surface area (Å²) >= 11 is 0. The van der Waals surface area contributed by atoms with Crippen LogP contribution in [-0.4, -0.2) is 11.6 Å². The Morgan fingerprint density at radius 1 is 1.05 bits per heavy atom. The highest BCUT2D eigenvalue weighted by Gasteiger charge is 2.54. The van der Waals surface area contributed by atoms with Gasteiger partial charge in [-0.25, -0.2) is 0 Å². The number of fused-ring (bicyclic) bond motifs is 4. The van der Waals surface area contributed by atoms with Crippen molar-refractivity contribution in [2.45, 2.75) is 58.8 Å². The van der Waals surface area contributed by atoms with Crippen molar-refractivity contribution in [3.8, 4) is 0 Å². The Balaban J connectivity index is 1.78. The minimum Gasteiger partial charge on any atom is -0.300 e. The molecule has 0 unspecified atom stereocenters. The summed E-state index contributed by atoms with van der Waals surface area (Å²) in [4.78, 5) is 24.1. The van der Waals surface area contributed by atoms with Crippen LogP contribution in [0.2, 0.25) is 0 Å². The van der Waals surface area contributed by atoms with E-state index in [2.05, 4.69) is 19.9 Å². The van der Waals surface area contributed by atoms with Crippen molar-refractivity contribution in [2.75, 3.05) is 0 Å². The topological polar surface area (TPSA) is 34.1 Å². The molecule has 0 heterocycles. The van der Waals surface area contributed by atoms with Crippen LogP contribution in [0.5, 0.6) is 0 Å². The first-order valence-electron chi connectivity index (χ1n) is 8.43. The van der Waals surface area contributed by atoms with Crippen molar-refractivity contribution in [2.24, 2.45) is 22.7 Å². The third kappa shape index (κ3) is 1.65. The molecule has 4 atom stereocenters. The molecule has 0 spiro atoms. The third-order valence-corrected chi connectivity index (χ3v) is 7.15. The van der Waals surface area contributed by atoms with Crippen molar-refractivity contribution in [3.05, 3.63) is 23.3 Å². The van der Waals surface area contributed by atoms with E-state index in [1.165, 1.54) is 5.57 Å². The van der Waals surface area contributed by atoms with E-state index in [0.717, 1.165) is 44.9 Å². The summed E-state index contributed by atoms with van der Waals surface area (Å²) in [7, 11) is 0. The maximum absolute atomic E-state index is 12.2. The molecule has 0 bridgehead atoms. The molecule has 0 aliphatic heterocycles. The van der Waals surface area contributed by atoms with Crippen LogP contribution in [0.3, 0.4) is 0 Å². The van der Waals surface area contributed by atoms with Crippen LogP contribution in [0.1, 0.15) is 58.8 Å². The van der Waals surface area contributed by atoms with Crippen LogP contribution in [0.25, 0.3) is 0 Å². The second-order valence-electron chi connectivity index (χ2n) is 8.04. The fourth-order valence-electron chi connectivity index (χ4n) is 5.65. The van der Waals surface area contributed by atoms with Gasteiger partial charge in [-0.15, -0.1) is 0 Å². The number of allylic oxidation sites excluding steroid dienone is 4. The molecular weight excluding hydrogens is 260 g/mol. The van der Waals surface area contributed by atoms with Gasteiger partial charge < -0.3 is 0 Å². The number of Topliss-reactive ketones (excluding diaryl/α,β-unsaturated/α-hetero) is 1. The monoisotopic (exact) mass is 284 g/mol. The normalized spacial score (nSPS) is 45.4. The molecule has 0 N–H and O–H groups in total. The predicted octanol–water partition coefficient (Wildman–Crippen LogP) is 4.01. The Morgan fingerprint density at radius 3 is 2.67 bits per heavy atom. The van der Waals surface area contributed by atoms with Gasteiger partial charge in [0.1, 0.15) is 5.78 Å². The second-order valence-corrected chi connectivity index (χ2v) is 8.04. The van der Waals surface area contributed by atoms with Crippen LogP contribution in [-0.2, 0) is 9.59 Å². The van der Waals surface area contributed by atoms with Crippen molar-refractivity contribution >= 4 is 11.6 Å². The molecule has 112 valence electrons. The molecule has 0 aromatic rings. The van der Waals surface area contributed by atoms with Gasteiger partial charge in [-0.05, 0) is 67.9 Å². The molecular formula is C19H24O2. The van der Waals surface area contributed by atoms with Gasteiger partial charge in [0.25, 0.3) is 0 Å². The molecule has 2 heteroatoms. The van der Waals surface area contributed by atoms with Crippen LogP contribution in [0.15, 0.2) is 23.3 Å². The second kappa shape index (κ2) is 4.18. The van der Waals surface area contributed by atoms with Crippen LogP contribution in [0.4, 0.5) is 0 Å². The van der Waals surface area contributed by atoms with Gasteiger partial charge in [-0.3, -0.25) is 9.59 Å². The molecule has 0 saturated heterocycles. The maximum atomic E-state index is 12.2. The SMILES string of the molecule is C[C@]12CC[C@H]3C(=C1C=CC2=O)CC[C@H]1CC(=O)CC[C@@]13C. The van der Waals surface area contributed by atoms with E-state index in [-0.39, 0.29) is 10.8 Å². The summed E-state index contributed by atoms with van der Waals surface area (Å²) in [5.41, 5.74) is 2.94. The Morgan fingerprint density at radius 2 is 1.86 bits per heavy atom. The molecule has 4 aliphatic rings. The lowest BCUT2D eigenvalue weighted by Crippen LogP contribution is -2.47. The van der Waals surface area contributed by atoms with E-state index >= 15 is 0 Å². The van der Waals surface area contributed by atoms with E-state index in [1.54, 1.807) is 11.6 Å². The van der Waals surface area contributed by atoms with E-state index in [1.807, 2.05) is 0 Å². The summed E-state index contributed by atoms with van der Waals surface area (Å²) in [5, 5.41) is 0. The molecule has 0 radical (unpaired) electrons. The highest BCUT2D eigenvalue weighted by atomic mass is 16.1. The standard InChI is InChI=1S/C19H24O2/c1-18-9-7-13(20)11-12(18)3-4-14-15-5-6-17(21)19(15,2)10-8-16(14)18/h5-6,12,16H,3-4,7-11H2,1-2H3/t12-,16-,18-,19-/m0/s1. The van der Waals surface area contributed by atoms with Crippen molar-refractivity contribution in [1.82, 2.24) is 0 Å². The lowest BCUT2D eigenvalue weighted by molar-refractivity contribution is -0.127. The first kappa shape index (κ1) is 13.5. The van der Waals surface area contributed by atoms with E-state index in [0.29, 0.717) is 23.4 Å². The van der Waals surface area contributed by atoms with Crippen molar-refractivity contribution in [3.63, 3.8) is 0 Å². The summed E-state index contributed by atoms with van der Waals surface area (Å²) < 4.78 is 0. The molecule has 2 saturated carbocycles. The van der Waals surface area contributed by atoms with Gasteiger partial charge >= 0.3 is 0 Å². The highest BCUT2D eigenvalue weighted by Crippen LogP contribution is 2.61. The van der Waals surface area contributed by atoms with E-state index in [4.69, 9.17) is 0 Å². The average Bonchev–Trinajstić information content (AvgIpc) is 2.76. The Kier molecular flexibility index (Phi) is 2.68. The molecule has 0 aromatic carbocycles. The lowest BCUT2D eigenvalue weighted by atomic mass is 9.49. The average molecular weight is 284 g/mol. The quantitative estimate of drug-likeness (QED) is 0.673. The predicted molar refractivity (Wildman–Crippen MR) is 81.7 cm³/mol. The molecule has 2 nitrogen and oxygen atoms in total. The Bertz CT molecular complexity index is 597. The first-order chi connectivity index (χ1) is 9.95. The number of hydrogen-bond acceptors (Lipinski definition) is 2. The van der Waals surface area contributed by atoms with Gasteiger partial charge in [0, 0.05) is 12.8 Å². The van der Waals surface area contributed by atoms with Gasteiger partial charge in [0.15, 0.2) is 5.78 Å². The van der Waals surface area contributed by atoms with E-state index in [9.17, 15) is 9.59 Å². The first-order valence-corrected chi connectivity index (χ1v) is 8.43. The largest absolute Gasteiger partial charge is 0.300 e. The maximum Gasteiger partial charge on any atom is 0.165 e. The zero-order valence-corrected chi connectivity index (χ0v) is 13.1. The van der Waals surface area contributed by atoms with Gasteiger partial charge in [-0.1, -0.05) is 18.6 Å². The molecule has 21 heavy (non-hydrogen) atoms. The number of carbonyl (C=O) groups excluding carboxylic acids is 2. The summed E-state index contributed by atoms with van der Waals surface area (Å²) in [6.45, 7) is 4.55. The summed E-state index contributed by atoms with van der Waals surface area (Å²) in [6, 6.07) is 0. The minimum absolute atomic E-state index is 0.237. The van der Waals surface area contributed by atoms with E-state index < -0.39 is 0 Å². The summed E-state index contributed by atoms with van der Waals surface area (Å²) in [6.07, 6.45) is 10.8. The van der Waals surface area contributed by atoms with Crippen molar-refractivity contribution in [1.29, 1.82) is 0 Å². The number of rotatable bonds is 0. The zero-order valence-electron chi connectivity index (χ0n) is 13.1. The van der Waals surface area contributed by atoms with Crippen LogP contribution < -0.4 is 0 Å². The zero-order chi connectivity index (χ0) is 14.8. The van der Waals surface area contributed by atoms with Crippen LogP contribution in [0, 0.1) is 22.7 Å². The Labute approximate surface area is 126 Å². The number of carbonyl (C=O) groups is 2. The number of ketones is 2. The van der Waals surface area contributed by atoms with Gasteiger partial charge in [0.05, 0.1) is 5.41 Å². The fourth-order valence-corrected chi connectivity index (χ4v) is 5.65. The lowest BCUT2D eigenvalue weighted by Gasteiger charge is -2.54. The molecule has 4 rings (SSSR count). The van der Waals surface area contributed by atoms with Crippen molar-refractivity contribution < 1.29 is 9.59 Å². The van der Waals surface area contributed by atoms with Gasteiger partial charge in [-0.2, -0.15) is 0 Å². The minimum atomic E-state index is -0.237. The smallest absolute Gasteiger partial charge is 0.165 e. The fraction of sp³-hybridized carbons (Fsp3) is 0.684. The third-order valence-electron chi connectivity index (χ3n) is 7.15. The highest BCUT2D eigenvalue weighted by molar-refractivity contribution is 6.01. The summed E-state index contributed by atoms with van der Waals surface area (Å²) in [5.74, 6) is 1.93. The molecule has 2 fully saturated rings. The molecule has 0 amide bonds. The molecule has 0 aromatic heterocycles. The molecule has 4 aliphatic carbocycles. The van der Waals surface area contributed by atoms with Gasteiger partial charge in [0.2, 0.25) is 0 Å².